The third-order valence-corrected chi connectivity index (χ3v) is 9.29. The van der Waals surface area contributed by atoms with Crippen LogP contribution in [0.15, 0.2) is 96.4 Å². The van der Waals surface area contributed by atoms with Gasteiger partial charge in [0.05, 0.1) is 11.9 Å². The number of anilines is 2. The van der Waals surface area contributed by atoms with Crippen molar-refractivity contribution in [3.8, 4) is 11.3 Å². The molecule has 0 aliphatic carbocycles. The highest BCUT2D eigenvalue weighted by atomic mass is 32.2. The summed E-state index contributed by atoms with van der Waals surface area (Å²) in [5.74, 6) is 0.961. The summed E-state index contributed by atoms with van der Waals surface area (Å²) in [6.45, 7) is 7.82. The van der Waals surface area contributed by atoms with Gasteiger partial charge in [0.2, 0.25) is 5.95 Å². The van der Waals surface area contributed by atoms with Crippen molar-refractivity contribution in [2.24, 2.45) is 0 Å². The molecule has 3 aromatic heterocycles. The maximum absolute atomic E-state index is 12.7. The van der Waals surface area contributed by atoms with E-state index in [2.05, 4.69) is 77.7 Å². The number of ether oxygens (including phenoxy) is 1. The van der Waals surface area contributed by atoms with Crippen LogP contribution in [0.3, 0.4) is 0 Å². The highest BCUT2D eigenvalue weighted by Crippen LogP contribution is 2.32. The Morgan fingerprint density at radius 3 is 2.54 bits per heavy atom. The third-order valence-electron chi connectivity index (χ3n) is 8.74. The lowest BCUT2D eigenvalue weighted by molar-refractivity contribution is 0.0942. The van der Waals surface area contributed by atoms with E-state index in [0.29, 0.717) is 36.7 Å². The van der Waals surface area contributed by atoms with Crippen molar-refractivity contribution in [2.75, 3.05) is 42.7 Å². The molecule has 3 aromatic carbocycles. The van der Waals surface area contributed by atoms with Gasteiger partial charge in [0.1, 0.15) is 6.61 Å². The van der Waals surface area contributed by atoms with Crippen molar-refractivity contribution < 1.29 is 9.53 Å². The van der Waals surface area contributed by atoms with E-state index in [-0.39, 0.29) is 12.7 Å². The van der Waals surface area contributed by atoms with Crippen LogP contribution in [0.1, 0.15) is 36.5 Å². The quantitative estimate of drug-likeness (QED) is 0.161. The summed E-state index contributed by atoms with van der Waals surface area (Å²) in [5, 5.41) is 11.0. The maximum atomic E-state index is 12.7. The monoisotopic (exact) mass is 658 g/mol. The van der Waals surface area contributed by atoms with E-state index in [1.54, 1.807) is 9.42 Å². The Hall–Kier alpha value is -5.16. The molecule has 0 bridgehead atoms. The molecule has 0 radical (unpaired) electrons. The molecule has 1 amide bonds. The second-order valence-electron chi connectivity index (χ2n) is 12.1. The van der Waals surface area contributed by atoms with Crippen LogP contribution in [0, 0.1) is 0 Å². The van der Waals surface area contributed by atoms with Gasteiger partial charge in [0.15, 0.2) is 10.8 Å². The van der Waals surface area contributed by atoms with E-state index >= 15 is 0 Å². The molecule has 1 N–H and O–H groups in total. The van der Waals surface area contributed by atoms with Crippen LogP contribution in [0.5, 0.6) is 0 Å². The van der Waals surface area contributed by atoms with Crippen LogP contribution < -0.4 is 10.2 Å². The number of rotatable bonds is 9. The first kappa shape index (κ1) is 31.4. The van der Waals surface area contributed by atoms with Gasteiger partial charge in [0.25, 0.3) is 0 Å². The molecule has 1 aliphatic rings. The number of aromatic nitrogens is 5. The highest BCUT2D eigenvalue weighted by molar-refractivity contribution is 7.98. The van der Waals surface area contributed by atoms with Crippen LogP contribution in [0.2, 0.25) is 0 Å². The van der Waals surface area contributed by atoms with Crippen LogP contribution in [-0.2, 0) is 17.9 Å². The zero-order chi connectivity index (χ0) is 33.0. The lowest BCUT2D eigenvalue weighted by atomic mass is 9.99. The molecular weight excluding hydrogens is 621 g/mol. The number of nitrogens with zero attached hydrogens (tertiary/aromatic N) is 7. The molecule has 7 rings (SSSR count). The minimum Gasteiger partial charge on any atom is -0.445 e. The Kier molecular flexibility index (Phi) is 9.11. The Morgan fingerprint density at radius 1 is 0.958 bits per heavy atom. The number of benzene rings is 3. The van der Waals surface area contributed by atoms with Gasteiger partial charge in [-0.3, -0.25) is 4.98 Å². The SMILES string of the molecule is CSc1nc(NCc2ccccc2-c2nccc3cc(N4CCN(C(=O)OCc5ccccc5)CC4)ccc23)n2ncc(C(C)C)c2n1. The Bertz CT molecular complexity index is 2060. The van der Waals surface area contributed by atoms with Gasteiger partial charge in [-0.25, -0.2) is 9.78 Å². The predicted octanol–water partition coefficient (Wildman–Crippen LogP) is 7.26. The molecule has 10 nitrogen and oxygen atoms in total. The highest BCUT2D eigenvalue weighted by Gasteiger charge is 2.23. The number of piperazine rings is 1. The lowest BCUT2D eigenvalue weighted by Gasteiger charge is -2.35. The average molecular weight is 659 g/mol. The first-order chi connectivity index (χ1) is 23.5. The maximum Gasteiger partial charge on any atom is 0.410 e. The molecule has 1 saturated heterocycles. The van der Waals surface area contributed by atoms with E-state index in [0.717, 1.165) is 63.1 Å². The van der Waals surface area contributed by atoms with Crippen molar-refractivity contribution in [3.63, 3.8) is 0 Å². The minimum atomic E-state index is -0.264. The van der Waals surface area contributed by atoms with E-state index in [1.807, 2.05) is 49.0 Å². The molecule has 244 valence electrons. The summed E-state index contributed by atoms with van der Waals surface area (Å²) in [6.07, 6.45) is 5.48. The van der Waals surface area contributed by atoms with E-state index in [1.165, 1.54) is 11.8 Å². The summed E-state index contributed by atoms with van der Waals surface area (Å²) in [5.41, 5.74) is 7.13. The van der Waals surface area contributed by atoms with Crippen LogP contribution >= 0.6 is 11.8 Å². The van der Waals surface area contributed by atoms with Gasteiger partial charge < -0.3 is 19.9 Å². The zero-order valence-corrected chi connectivity index (χ0v) is 28.2. The first-order valence-corrected chi connectivity index (χ1v) is 17.4. The smallest absolute Gasteiger partial charge is 0.410 e. The van der Waals surface area contributed by atoms with Gasteiger partial charge in [-0.2, -0.15) is 14.6 Å². The molecular formula is C37H38N8O2S. The Morgan fingerprint density at radius 2 is 1.75 bits per heavy atom. The third kappa shape index (κ3) is 6.50. The number of carbonyl (C=O) groups excluding carboxylic acids is 1. The topological polar surface area (TPSA) is 101 Å². The standard InChI is InChI=1S/C37H38N8O2S/c1-25(2)32-23-40-45-34(32)41-36(48-3)42-35(45)39-22-28-11-7-8-12-30(28)33-31-14-13-29(21-27(31)15-16-38-33)43-17-19-44(20-18-43)37(46)47-24-26-9-5-4-6-10-26/h4-16,21,23,25H,17-20,22,24H2,1-3H3,(H,39,41,42). The van der Waals surface area contributed by atoms with Crippen molar-refractivity contribution in [1.82, 2.24) is 29.5 Å². The van der Waals surface area contributed by atoms with Gasteiger partial charge in [-0.15, -0.1) is 0 Å². The van der Waals surface area contributed by atoms with Gasteiger partial charge in [0, 0.05) is 61.1 Å². The molecule has 4 heterocycles. The number of thioether (sulfide) groups is 1. The van der Waals surface area contributed by atoms with Gasteiger partial charge in [-0.1, -0.05) is 86.3 Å². The molecule has 1 fully saturated rings. The first-order valence-electron chi connectivity index (χ1n) is 16.2. The fourth-order valence-corrected chi connectivity index (χ4v) is 6.46. The largest absolute Gasteiger partial charge is 0.445 e. The summed E-state index contributed by atoms with van der Waals surface area (Å²) < 4.78 is 7.35. The van der Waals surface area contributed by atoms with E-state index in [4.69, 9.17) is 19.7 Å². The second-order valence-corrected chi connectivity index (χ2v) is 12.9. The lowest BCUT2D eigenvalue weighted by Crippen LogP contribution is -2.48. The van der Waals surface area contributed by atoms with Crippen LogP contribution in [0.4, 0.5) is 16.4 Å². The second kappa shape index (κ2) is 13.9. The fourth-order valence-electron chi connectivity index (χ4n) is 6.10. The van der Waals surface area contributed by atoms with Gasteiger partial charge >= 0.3 is 6.09 Å². The van der Waals surface area contributed by atoms with Crippen molar-refractivity contribution >= 4 is 45.9 Å². The minimum absolute atomic E-state index is 0.264. The number of hydrogen-bond acceptors (Lipinski definition) is 9. The number of carbonyl (C=O) groups is 1. The van der Waals surface area contributed by atoms with Crippen molar-refractivity contribution in [3.05, 3.63) is 108 Å². The molecule has 0 saturated carbocycles. The number of fused-ring (bicyclic) bond motifs is 2. The van der Waals surface area contributed by atoms with Crippen molar-refractivity contribution in [2.45, 2.75) is 38.1 Å². The summed E-state index contributed by atoms with van der Waals surface area (Å²) in [7, 11) is 0. The van der Waals surface area contributed by atoms with E-state index in [9.17, 15) is 4.79 Å². The zero-order valence-electron chi connectivity index (χ0n) is 27.3. The van der Waals surface area contributed by atoms with Gasteiger partial charge in [-0.05, 0) is 46.9 Å². The average Bonchev–Trinajstić information content (AvgIpc) is 3.58. The van der Waals surface area contributed by atoms with Crippen LogP contribution in [0.25, 0.3) is 27.7 Å². The summed E-state index contributed by atoms with van der Waals surface area (Å²) >= 11 is 1.52. The molecule has 1 aliphatic heterocycles. The Labute approximate surface area is 284 Å². The number of nitrogens with one attached hydrogen (secondary N) is 1. The molecule has 0 spiro atoms. The Balaban J connectivity index is 1.07. The molecule has 11 heteroatoms. The number of hydrogen-bond donors (Lipinski definition) is 1. The molecule has 48 heavy (non-hydrogen) atoms. The predicted molar refractivity (Wildman–Crippen MR) is 192 cm³/mol. The van der Waals surface area contributed by atoms with E-state index < -0.39 is 0 Å². The number of amides is 1. The molecule has 0 atom stereocenters. The number of pyridine rings is 1. The summed E-state index contributed by atoms with van der Waals surface area (Å²) in [6, 6.07) is 26.7. The molecule has 6 aromatic rings. The fraction of sp³-hybridized carbons (Fsp3) is 0.270. The summed E-state index contributed by atoms with van der Waals surface area (Å²) in [4.78, 5) is 31.1. The van der Waals surface area contributed by atoms with Crippen molar-refractivity contribution in [1.29, 1.82) is 0 Å². The molecule has 0 unspecified atom stereocenters. The van der Waals surface area contributed by atoms with Crippen LogP contribution in [-0.4, -0.2) is 68.0 Å². The normalized spacial score (nSPS) is 13.4.